The lowest BCUT2D eigenvalue weighted by molar-refractivity contribution is 0.0869. The highest BCUT2D eigenvalue weighted by atomic mass is 35.5. The van der Waals surface area contributed by atoms with Gasteiger partial charge in [-0.05, 0) is 48.3 Å². The Balaban J connectivity index is 1.53. The standard InChI is InChI=1S/C16H23ClN2S/c17-14-2-4-15(5-3-14)19-10-8-18(9-11-19)12-16(13-20)6-1-7-16/h2-5,20H,1,6-13H2. The maximum absolute atomic E-state index is 5.95. The van der Waals surface area contributed by atoms with Crippen LogP contribution in [0.2, 0.25) is 5.02 Å². The summed E-state index contributed by atoms with van der Waals surface area (Å²) in [6, 6.07) is 8.21. The smallest absolute Gasteiger partial charge is 0.0407 e. The molecule has 1 aromatic rings. The van der Waals surface area contributed by atoms with Crippen molar-refractivity contribution in [2.24, 2.45) is 5.41 Å². The predicted octanol–water partition coefficient (Wildman–Crippen LogP) is 3.56. The van der Waals surface area contributed by atoms with E-state index in [0.29, 0.717) is 5.41 Å². The van der Waals surface area contributed by atoms with Crippen LogP contribution in [-0.2, 0) is 0 Å². The Morgan fingerprint density at radius 1 is 1.05 bits per heavy atom. The Morgan fingerprint density at radius 2 is 1.70 bits per heavy atom. The molecule has 1 aliphatic carbocycles. The molecule has 1 heterocycles. The summed E-state index contributed by atoms with van der Waals surface area (Å²) < 4.78 is 0. The zero-order chi connectivity index (χ0) is 14.0. The quantitative estimate of drug-likeness (QED) is 0.850. The van der Waals surface area contributed by atoms with Gasteiger partial charge < -0.3 is 4.90 Å². The van der Waals surface area contributed by atoms with Gasteiger partial charge in [-0.1, -0.05) is 18.0 Å². The van der Waals surface area contributed by atoms with Crippen LogP contribution < -0.4 is 4.90 Å². The van der Waals surface area contributed by atoms with Crippen LogP contribution in [-0.4, -0.2) is 43.4 Å². The SMILES string of the molecule is SCC1(CN2CCN(c3ccc(Cl)cc3)CC2)CCC1. The van der Waals surface area contributed by atoms with Crippen LogP contribution in [0.1, 0.15) is 19.3 Å². The van der Waals surface area contributed by atoms with Gasteiger partial charge in [0.15, 0.2) is 0 Å². The number of benzene rings is 1. The molecule has 0 radical (unpaired) electrons. The maximum atomic E-state index is 5.95. The van der Waals surface area contributed by atoms with E-state index < -0.39 is 0 Å². The number of anilines is 1. The number of piperazine rings is 1. The largest absolute Gasteiger partial charge is 0.369 e. The highest BCUT2D eigenvalue weighted by Crippen LogP contribution is 2.42. The Bertz CT molecular complexity index is 431. The van der Waals surface area contributed by atoms with Gasteiger partial charge in [-0.2, -0.15) is 12.6 Å². The molecular formula is C16H23ClN2S. The minimum atomic E-state index is 0.519. The average Bonchev–Trinajstić information content (AvgIpc) is 2.45. The fourth-order valence-corrected chi connectivity index (χ4v) is 3.88. The summed E-state index contributed by atoms with van der Waals surface area (Å²) in [5.41, 5.74) is 1.81. The first-order valence-corrected chi connectivity index (χ1v) is 8.56. The van der Waals surface area contributed by atoms with E-state index in [1.165, 1.54) is 31.5 Å². The molecule has 1 aromatic carbocycles. The molecule has 0 bridgehead atoms. The van der Waals surface area contributed by atoms with E-state index in [1.807, 2.05) is 12.1 Å². The van der Waals surface area contributed by atoms with Crippen LogP contribution in [0.15, 0.2) is 24.3 Å². The van der Waals surface area contributed by atoms with E-state index in [9.17, 15) is 0 Å². The lowest BCUT2D eigenvalue weighted by Gasteiger charge is -2.46. The van der Waals surface area contributed by atoms with Crippen molar-refractivity contribution in [1.82, 2.24) is 4.90 Å². The molecule has 0 unspecified atom stereocenters. The number of hydrogen-bond donors (Lipinski definition) is 1. The first kappa shape index (κ1) is 14.6. The maximum Gasteiger partial charge on any atom is 0.0407 e. The van der Waals surface area contributed by atoms with Crippen LogP contribution in [0.5, 0.6) is 0 Å². The summed E-state index contributed by atoms with van der Waals surface area (Å²) in [5, 5.41) is 0.813. The molecule has 0 amide bonds. The van der Waals surface area contributed by atoms with Crippen molar-refractivity contribution in [3.05, 3.63) is 29.3 Å². The van der Waals surface area contributed by atoms with Crippen LogP contribution in [0.4, 0.5) is 5.69 Å². The Kier molecular flexibility index (Phi) is 4.49. The molecule has 3 rings (SSSR count). The molecule has 20 heavy (non-hydrogen) atoms. The second-order valence-corrected chi connectivity index (χ2v) is 7.00. The fraction of sp³-hybridized carbons (Fsp3) is 0.625. The van der Waals surface area contributed by atoms with Crippen molar-refractivity contribution in [2.45, 2.75) is 19.3 Å². The molecule has 2 aliphatic rings. The predicted molar refractivity (Wildman–Crippen MR) is 90.2 cm³/mol. The first-order valence-electron chi connectivity index (χ1n) is 7.55. The number of rotatable bonds is 4. The highest BCUT2D eigenvalue weighted by molar-refractivity contribution is 7.80. The van der Waals surface area contributed by atoms with Gasteiger partial charge in [-0.3, -0.25) is 4.90 Å². The summed E-state index contributed by atoms with van der Waals surface area (Å²) in [7, 11) is 0. The molecule has 0 spiro atoms. The molecule has 2 nitrogen and oxygen atoms in total. The number of halogens is 1. The number of thiol groups is 1. The van der Waals surface area contributed by atoms with Gasteiger partial charge in [0.2, 0.25) is 0 Å². The third kappa shape index (κ3) is 3.10. The number of hydrogen-bond acceptors (Lipinski definition) is 3. The summed E-state index contributed by atoms with van der Waals surface area (Å²) in [5.74, 6) is 1.05. The van der Waals surface area contributed by atoms with E-state index in [0.717, 1.165) is 37.0 Å². The van der Waals surface area contributed by atoms with Crippen molar-refractivity contribution in [3.63, 3.8) is 0 Å². The summed E-state index contributed by atoms with van der Waals surface area (Å²) in [6.07, 6.45) is 4.13. The molecule has 1 saturated heterocycles. The molecule has 1 aliphatic heterocycles. The Morgan fingerprint density at radius 3 is 2.20 bits per heavy atom. The molecule has 1 saturated carbocycles. The Hall–Kier alpha value is -0.380. The lowest BCUT2D eigenvalue weighted by atomic mass is 9.70. The second kappa shape index (κ2) is 6.17. The van der Waals surface area contributed by atoms with Crippen molar-refractivity contribution in [1.29, 1.82) is 0 Å². The minimum Gasteiger partial charge on any atom is -0.369 e. The van der Waals surface area contributed by atoms with Crippen LogP contribution in [0, 0.1) is 5.41 Å². The minimum absolute atomic E-state index is 0.519. The second-order valence-electron chi connectivity index (χ2n) is 6.25. The fourth-order valence-electron chi connectivity index (χ4n) is 3.33. The Labute approximate surface area is 132 Å². The average molecular weight is 311 g/mol. The molecule has 0 atom stereocenters. The normalized spacial score (nSPS) is 22.6. The van der Waals surface area contributed by atoms with E-state index in [4.69, 9.17) is 11.6 Å². The first-order chi connectivity index (χ1) is 9.71. The van der Waals surface area contributed by atoms with Gasteiger partial charge in [-0.15, -0.1) is 0 Å². The number of nitrogens with zero attached hydrogens (tertiary/aromatic N) is 2. The van der Waals surface area contributed by atoms with Crippen molar-refractivity contribution >= 4 is 29.9 Å². The van der Waals surface area contributed by atoms with Gasteiger partial charge in [0.25, 0.3) is 0 Å². The van der Waals surface area contributed by atoms with Crippen molar-refractivity contribution in [3.8, 4) is 0 Å². The van der Waals surface area contributed by atoms with Crippen molar-refractivity contribution in [2.75, 3.05) is 43.4 Å². The summed E-state index contributed by atoms with van der Waals surface area (Å²) >= 11 is 10.5. The van der Waals surface area contributed by atoms with Gasteiger partial charge in [0.1, 0.15) is 0 Å². The molecule has 110 valence electrons. The van der Waals surface area contributed by atoms with Crippen LogP contribution >= 0.6 is 24.2 Å². The monoisotopic (exact) mass is 310 g/mol. The highest BCUT2D eigenvalue weighted by Gasteiger charge is 2.37. The third-order valence-electron chi connectivity index (χ3n) is 4.87. The van der Waals surface area contributed by atoms with Gasteiger partial charge in [-0.25, -0.2) is 0 Å². The van der Waals surface area contributed by atoms with E-state index in [1.54, 1.807) is 0 Å². The van der Waals surface area contributed by atoms with E-state index in [-0.39, 0.29) is 0 Å². The van der Waals surface area contributed by atoms with Gasteiger partial charge in [0.05, 0.1) is 0 Å². The topological polar surface area (TPSA) is 6.48 Å². The lowest BCUT2D eigenvalue weighted by Crippen LogP contribution is -2.52. The van der Waals surface area contributed by atoms with E-state index in [2.05, 4.69) is 34.6 Å². The van der Waals surface area contributed by atoms with Crippen molar-refractivity contribution < 1.29 is 0 Å². The molecule has 2 fully saturated rings. The summed E-state index contributed by atoms with van der Waals surface area (Å²) in [4.78, 5) is 5.09. The van der Waals surface area contributed by atoms with Crippen LogP contribution in [0.3, 0.4) is 0 Å². The zero-order valence-electron chi connectivity index (χ0n) is 11.9. The van der Waals surface area contributed by atoms with E-state index >= 15 is 0 Å². The third-order valence-corrected chi connectivity index (χ3v) is 5.80. The summed E-state index contributed by atoms with van der Waals surface area (Å²) in [6.45, 7) is 5.80. The zero-order valence-corrected chi connectivity index (χ0v) is 13.5. The molecule has 0 N–H and O–H groups in total. The molecular weight excluding hydrogens is 288 g/mol. The molecule has 0 aromatic heterocycles. The van der Waals surface area contributed by atoms with Gasteiger partial charge >= 0.3 is 0 Å². The molecule has 4 heteroatoms. The van der Waals surface area contributed by atoms with Gasteiger partial charge in [0, 0.05) is 43.4 Å². The van der Waals surface area contributed by atoms with Crippen LogP contribution in [0.25, 0.3) is 0 Å².